The molecule has 0 aliphatic carbocycles. The largest absolute Gasteiger partial charge is 0.496 e. The van der Waals surface area contributed by atoms with Gasteiger partial charge in [-0.1, -0.05) is 11.6 Å². The van der Waals surface area contributed by atoms with Gasteiger partial charge in [-0.3, -0.25) is 4.79 Å². The zero-order chi connectivity index (χ0) is 14.8. The molecule has 5 nitrogen and oxygen atoms in total. The first-order valence-electron chi connectivity index (χ1n) is 6.23. The van der Waals surface area contributed by atoms with E-state index < -0.39 is 9.84 Å². The molecule has 0 bridgehead atoms. The van der Waals surface area contributed by atoms with E-state index in [9.17, 15) is 13.2 Å². The Bertz CT molecular complexity index is 615. The summed E-state index contributed by atoms with van der Waals surface area (Å²) in [6.07, 6.45) is 0.593. The number of amides is 1. The molecule has 0 saturated carbocycles. The SMILES string of the molecule is COc1ccc(Cl)cc1C(=O)NC[C@H]1CCS(=O)(=O)C1. The van der Waals surface area contributed by atoms with E-state index in [4.69, 9.17) is 16.3 Å². The number of sulfone groups is 1. The van der Waals surface area contributed by atoms with Crippen LogP contribution in [0.4, 0.5) is 0 Å². The monoisotopic (exact) mass is 317 g/mol. The van der Waals surface area contributed by atoms with Crippen LogP contribution in [0, 0.1) is 5.92 Å². The summed E-state index contributed by atoms with van der Waals surface area (Å²) in [4.78, 5) is 12.1. The molecule has 1 heterocycles. The summed E-state index contributed by atoms with van der Waals surface area (Å²) in [5.74, 6) is 0.447. The van der Waals surface area contributed by atoms with E-state index in [0.717, 1.165) is 0 Å². The number of carbonyl (C=O) groups is 1. The number of nitrogens with one attached hydrogen (secondary N) is 1. The number of benzene rings is 1. The molecule has 0 unspecified atom stereocenters. The predicted molar refractivity (Wildman–Crippen MR) is 77.1 cm³/mol. The summed E-state index contributed by atoms with van der Waals surface area (Å²) < 4.78 is 27.8. The van der Waals surface area contributed by atoms with Crippen molar-refractivity contribution < 1.29 is 17.9 Å². The van der Waals surface area contributed by atoms with Crippen molar-refractivity contribution in [3.8, 4) is 5.75 Å². The second kappa shape index (κ2) is 6.01. The molecule has 0 radical (unpaired) electrons. The highest BCUT2D eigenvalue weighted by atomic mass is 35.5. The van der Waals surface area contributed by atoms with Crippen molar-refractivity contribution in [2.24, 2.45) is 5.92 Å². The van der Waals surface area contributed by atoms with Crippen molar-refractivity contribution in [2.45, 2.75) is 6.42 Å². The van der Waals surface area contributed by atoms with E-state index in [1.54, 1.807) is 12.1 Å². The molecular weight excluding hydrogens is 302 g/mol. The molecule has 1 aromatic carbocycles. The topological polar surface area (TPSA) is 72.5 Å². The first-order valence-corrected chi connectivity index (χ1v) is 8.43. The smallest absolute Gasteiger partial charge is 0.255 e. The van der Waals surface area contributed by atoms with Gasteiger partial charge in [0.2, 0.25) is 0 Å². The molecule has 1 atom stereocenters. The average molecular weight is 318 g/mol. The van der Waals surface area contributed by atoms with Gasteiger partial charge in [0.15, 0.2) is 9.84 Å². The number of halogens is 1. The highest BCUT2D eigenvalue weighted by Gasteiger charge is 2.28. The molecule has 0 spiro atoms. The van der Waals surface area contributed by atoms with Crippen LogP contribution in [-0.4, -0.2) is 39.5 Å². The van der Waals surface area contributed by atoms with Crippen LogP contribution in [0.15, 0.2) is 18.2 Å². The van der Waals surface area contributed by atoms with Crippen molar-refractivity contribution >= 4 is 27.3 Å². The molecule has 0 aromatic heterocycles. The number of ether oxygens (including phenoxy) is 1. The third-order valence-corrected chi connectivity index (χ3v) is 5.36. The van der Waals surface area contributed by atoms with E-state index in [1.807, 2.05) is 0 Å². The molecular formula is C13H16ClNO4S. The maximum absolute atomic E-state index is 12.1. The first kappa shape index (κ1) is 15.1. The molecule has 7 heteroatoms. The lowest BCUT2D eigenvalue weighted by Crippen LogP contribution is -2.30. The van der Waals surface area contributed by atoms with Crippen LogP contribution < -0.4 is 10.1 Å². The normalized spacial score (nSPS) is 20.6. The zero-order valence-corrected chi connectivity index (χ0v) is 12.6. The molecule has 2 rings (SSSR count). The summed E-state index contributed by atoms with van der Waals surface area (Å²) in [5.41, 5.74) is 0.348. The van der Waals surface area contributed by atoms with Crippen LogP contribution in [0.1, 0.15) is 16.8 Å². The molecule has 20 heavy (non-hydrogen) atoms. The van der Waals surface area contributed by atoms with Gasteiger partial charge in [0.1, 0.15) is 5.75 Å². The van der Waals surface area contributed by atoms with Gasteiger partial charge in [-0.15, -0.1) is 0 Å². The molecule has 1 fully saturated rings. The second-order valence-electron chi connectivity index (χ2n) is 4.82. The van der Waals surface area contributed by atoms with Gasteiger partial charge in [0.25, 0.3) is 5.91 Å². The highest BCUT2D eigenvalue weighted by molar-refractivity contribution is 7.91. The molecule has 1 amide bonds. The van der Waals surface area contributed by atoms with Gasteiger partial charge in [-0.2, -0.15) is 0 Å². The Morgan fingerprint density at radius 2 is 2.25 bits per heavy atom. The van der Waals surface area contributed by atoms with E-state index in [1.165, 1.54) is 13.2 Å². The Morgan fingerprint density at radius 1 is 1.50 bits per heavy atom. The Hall–Kier alpha value is -1.27. The Morgan fingerprint density at radius 3 is 2.85 bits per heavy atom. The molecule has 110 valence electrons. The molecule has 1 N–H and O–H groups in total. The quantitative estimate of drug-likeness (QED) is 0.913. The van der Waals surface area contributed by atoms with Crippen molar-refractivity contribution in [3.63, 3.8) is 0 Å². The fraction of sp³-hybridized carbons (Fsp3) is 0.462. The summed E-state index contributed by atoms with van der Waals surface area (Å²) in [7, 11) is -1.45. The van der Waals surface area contributed by atoms with Gasteiger partial charge in [0, 0.05) is 11.6 Å². The third kappa shape index (κ3) is 3.64. The molecule has 1 aliphatic heterocycles. The number of rotatable bonds is 4. The zero-order valence-electron chi connectivity index (χ0n) is 11.1. The minimum atomic E-state index is -2.92. The van der Waals surface area contributed by atoms with Crippen LogP contribution in [-0.2, 0) is 9.84 Å². The Labute approximate surface area is 123 Å². The van der Waals surface area contributed by atoms with Crippen molar-refractivity contribution in [1.29, 1.82) is 0 Å². The summed E-state index contributed by atoms with van der Waals surface area (Å²) in [6, 6.07) is 4.79. The summed E-state index contributed by atoms with van der Waals surface area (Å²) >= 11 is 5.87. The predicted octanol–water partition coefficient (Wildman–Crippen LogP) is 1.51. The maximum Gasteiger partial charge on any atom is 0.255 e. The minimum absolute atomic E-state index is 0.0193. The van der Waals surface area contributed by atoms with Crippen LogP contribution in [0.3, 0.4) is 0 Å². The number of methoxy groups -OCH3 is 1. The molecule has 1 saturated heterocycles. The van der Waals surface area contributed by atoms with Gasteiger partial charge in [0.05, 0.1) is 24.2 Å². The van der Waals surface area contributed by atoms with Crippen LogP contribution in [0.5, 0.6) is 5.75 Å². The highest BCUT2D eigenvalue weighted by Crippen LogP contribution is 2.23. The van der Waals surface area contributed by atoms with E-state index in [-0.39, 0.29) is 23.3 Å². The van der Waals surface area contributed by atoms with E-state index in [0.29, 0.717) is 29.3 Å². The Balaban J connectivity index is 2.00. The third-order valence-electron chi connectivity index (χ3n) is 3.28. The molecule has 1 aromatic rings. The van der Waals surface area contributed by atoms with E-state index >= 15 is 0 Å². The number of carbonyl (C=O) groups excluding carboxylic acids is 1. The number of hydrogen-bond acceptors (Lipinski definition) is 4. The van der Waals surface area contributed by atoms with Crippen LogP contribution in [0.25, 0.3) is 0 Å². The van der Waals surface area contributed by atoms with Gasteiger partial charge < -0.3 is 10.1 Å². The number of hydrogen-bond donors (Lipinski definition) is 1. The Kier molecular flexibility index (Phi) is 4.55. The van der Waals surface area contributed by atoms with Crippen LogP contribution in [0.2, 0.25) is 5.02 Å². The fourth-order valence-corrected chi connectivity index (χ4v) is 4.26. The fourth-order valence-electron chi connectivity index (χ4n) is 2.22. The van der Waals surface area contributed by atoms with Crippen molar-refractivity contribution in [1.82, 2.24) is 5.32 Å². The van der Waals surface area contributed by atoms with Crippen molar-refractivity contribution in [2.75, 3.05) is 25.2 Å². The van der Waals surface area contributed by atoms with Gasteiger partial charge in [-0.25, -0.2) is 8.42 Å². The maximum atomic E-state index is 12.1. The summed E-state index contributed by atoms with van der Waals surface area (Å²) in [6.45, 7) is 0.341. The first-order chi connectivity index (χ1) is 9.41. The average Bonchev–Trinajstić information content (AvgIpc) is 2.75. The van der Waals surface area contributed by atoms with Crippen LogP contribution >= 0.6 is 11.6 Å². The summed E-state index contributed by atoms with van der Waals surface area (Å²) in [5, 5.41) is 3.18. The van der Waals surface area contributed by atoms with E-state index in [2.05, 4.69) is 5.32 Å². The van der Waals surface area contributed by atoms with Gasteiger partial charge >= 0.3 is 0 Å². The van der Waals surface area contributed by atoms with Crippen molar-refractivity contribution in [3.05, 3.63) is 28.8 Å². The standard InChI is InChI=1S/C13H16ClNO4S/c1-19-12-3-2-10(14)6-11(12)13(16)15-7-9-4-5-20(17,18)8-9/h2-3,6,9H,4-5,7-8H2,1H3,(H,15,16)/t9-/m1/s1. The lowest BCUT2D eigenvalue weighted by molar-refractivity contribution is 0.0945. The lowest BCUT2D eigenvalue weighted by Gasteiger charge is -2.12. The lowest BCUT2D eigenvalue weighted by atomic mass is 10.1. The second-order valence-corrected chi connectivity index (χ2v) is 7.49. The molecule has 1 aliphatic rings. The van der Waals surface area contributed by atoms with Gasteiger partial charge in [-0.05, 0) is 30.5 Å². The minimum Gasteiger partial charge on any atom is -0.496 e.